The summed E-state index contributed by atoms with van der Waals surface area (Å²) < 4.78 is 30.0. The van der Waals surface area contributed by atoms with Gasteiger partial charge in [-0.3, -0.25) is 4.79 Å². The topological polar surface area (TPSA) is 111 Å². The Labute approximate surface area is 206 Å². The molecule has 174 valence electrons. The number of nitrogens with one attached hydrogen (secondary N) is 1. The summed E-state index contributed by atoms with van der Waals surface area (Å²) in [7, 11) is -4.10. The summed E-state index contributed by atoms with van der Waals surface area (Å²) in [4.78, 5) is 17.6. The summed E-state index contributed by atoms with van der Waals surface area (Å²) in [5.41, 5.74) is 2.01. The number of nitrogens with two attached hydrogens (primary N) is 1. The minimum absolute atomic E-state index is 0.0346. The molecule has 0 radical (unpaired) electrons. The standard InChI is InChI=1S/C24H19Cl2N3O4S/c1-13-11-16(25)7-10-21(13)33-24-17(12-15-5-3-4-6-20(15)29-24)23(30)28-19-9-8-18(26)22(14(19)2)34(27,31)32/h3-12H,1-2H3,(H,28,30)(H2,27,31,32). The summed E-state index contributed by atoms with van der Waals surface area (Å²) in [6.07, 6.45) is 0. The van der Waals surface area contributed by atoms with Crippen LogP contribution in [0.25, 0.3) is 10.9 Å². The Morgan fingerprint density at radius 2 is 1.76 bits per heavy atom. The lowest BCUT2D eigenvalue weighted by Gasteiger charge is -2.15. The van der Waals surface area contributed by atoms with Crippen LogP contribution in [-0.2, 0) is 10.0 Å². The first kappa shape index (κ1) is 24.0. The van der Waals surface area contributed by atoms with Crippen molar-refractivity contribution in [3.05, 3.63) is 87.4 Å². The van der Waals surface area contributed by atoms with Crippen molar-refractivity contribution >= 4 is 55.7 Å². The van der Waals surface area contributed by atoms with Crippen LogP contribution >= 0.6 is 23.2 Å². The van der Waals surface area contributed by atoms with E-state index in [4.69, 9.17) is 33.1 Å². The Morgan fingerprint density at radius 3 is 2.47 bits per heavy atom. The Balaban J connectivity index is 1.79. The molecular weight excluding hydrogens is 497 g/mol. The number of anilines is 1. The molecule has 0 saturated carbocycles. The number of para-hydroxylation sites is 1. The molecule has 0 aliphatic rings. The summed E-state index contributed by atoms with van der Waals surface area (Å²) in [6.45, 7) is 3.34. The van der Waals surface area contributed by atoms with Gasteiger partial charge in [0.05, 0.1) is 10.5 Å². The van der Waals surface area contributed by atoms with Crippen molar-refractivity contribution in [3.63, 3.8) is 0 Å². The van der Waals surface area contributed by atoms with Gasteiger partial charge in [-0.2, -0.15) is 0 Å². The number of primary sulfonamides is 1. The summed E-state index contributed by atoms with van der Waals surface area (Å²) in [5, 5.41) is 9.27. The second-order valence-electron chi connectivity index (χ2n) is 7.59. The maximum atomic E-state index is 13.3. The predicted molar refractivity (Wildman–Crippen MR) is 134 cm³/mol. The molecule has 0 bridgehead atoms. The van der Waals surface area contributed by atoms with Gasteiger partial charge in [0.1, 0.15) is 16.2 Å². The van der Waals surface area contributed by atoms with Crippen LogP contribution in [0.4, 0.5) is 5.69 Å². The number of hydrogen-bond acceptors (Lipinski definition) is 5. The molecule has 3 N–H and O–H groups in total. The number of sulfonamides is 1. The van der Waals surface area contributed by atoms with Crippen LogP contribution in [-0.4, -0.2) is 19.3 Å². The molecule has 0 saturated heterocycles. The zero-order valence-corrected chi connectivity index (χ0v) is 20.4. The van der Waals surface area contributed by atoms with Crippen LogP contribution in [0.15, 0.2) is 65.6 Å². The zero-order valence-electron chi connectivity index (χ0n) is 18.1. The van der Waals surface area contributed by atoms with E-state index in [9.17, 15) is 13.2 Å². The Bertz CT molecular complexity index is 1560. The second kappa shape index (κ2) is 9.23. The Morgan fingerprint density at radius 1 is 1.03 bits per heavy atom. The first-order valence-corrected chi connectivity index (χ1v) is 12.3. The van der Waals surface area contributed by atoms with Crippen molar-refractivity contribution in [2.45, 2.75) is 18.7 Å². The molecule has 0 atom stereocenters. The zero-order chi connectivity index (χ0) is 24.6. The molecule has 1 aromatic heterocycles. The molecule has 4 aromatic rings. The van der Waals surface area contributed by atoms with E-state index in [1.54, 1.807) is 30.3 Å². The third-order valence-electron chi connectivity index (χ3n) is 5.17. The van der Waals surface area contributed by atoms with E-state index in [0.717, 1.165) is 10.9 Å². The van der Waals surface area contributed by atoms with Gasteiger partial charge in [-0.15, -0.1) is 0 Å². The number of aromatic nitrogens is 1. The average Bonchev–Trinajstić information content (AvgIpc) is 2.76. The molecular formula is C24H19Cl2N3O4S. The van der Waals surface area contributed by atoms with E-state index in [-0.39, 0.29) is 32.6 Å². The van der Waals surface area contributed by atoms with Crippen LogP contribution in [0.5, 0.6) is 11.6 Å². The number of amides is 1. The van der Waals surface area contributed by atoms with Gasteiger partial charge in [-0.1, -0.05) is 41.4 Å². The van der Waals surface area contributed by atoms with Gasteiger partial charge in [0.15, 0.2) is 0 Å². The normalized spacial score (nSPS) is 11.4. The van der Waals surface area contributed by atoms with Gasteiger partial charge in [-0.05, 0) is 67.4 Å². The predicted octanol–water partition coefficient (Wildman–Crippen LogP) is 5.85. The third kappa shape index (κ3) is 4.85. The van der Waals surface area contributed by atoms with Crippen LogP contribution in [0, 0.1) is 13.8 Å². The van der Waals surface area contributed by atoms with Crippen LogP contribution < -0.4 is 15.2 Å². The fourth-order valence-electron chi connectivity index (χ4n) is 3.50. The van der Waals surface area contributed by atoms with Crippen molar-refractivity contribution in [2.24, 2.45) is 5.14 Å². The molecule has 0 unspecified atom stereocenters. The maximum absolute atomic E-state index is 13.3. The van der Waals surface area contributed by atoms with Crippen LogP contribution in [0.1, 0.15) is 21.5 Å². The van der Waals surface area contributed by atoms with Crippen LogP contribution in [0.3, 0.4) is 0 Å². The number of carbonyl (C=O) groups is 1. The lowest BCUT2D eigenvalue weighted by Crippen LogP contribution is -2.18. The molecule has 34 heavy (non-hydrogen) atoms. The van der Waals surface area contributed by atoms with E-state index in [1.165, 1.54) is 19.1 Å². The van der Waals surface area contributed by atoms with E-state index in [1.807, 2.05) is 25.1 Å². The summed E-state index contributed by atoms with van der Waals surface area (Å²) in [6, 6.07) is 16.9. The summed E-state index contributed by atoms with van der Waals surface area (Å²) in [5.74, 6) is 0.0194. The highest BCUT2D eigenvalue weighted by Crippen LogP contribution is 2.33. The number of hydrogen-bond donors (Lipinski definition) is 2. The average molecular weight is 516 g/mol. The van der Waals surface area contributed by atoms with Gasteiger partial charge >= 0.3 is 0 Å². The quantitative estimate of drug-likeness (QED) is 0.346. The molecule has 0 spiro atoms. The first-order chi connectivity index (χ1) is 16.0. The smallest absolute Gasteiger partial charge is 0.261 e. The number of aryl methyl sites for hydroxylation is 1. The number of halogens is 2. The minimum Gasteiger partial charge on any atom is -0.438 e. The maximum Gasteiger partial charge on any atom is 0.261 e. The SMILES string of the molecule is Cc1cc(Cl)ccc1Oc1nc2ccccc2cc1C(=O)Nc1ccc(Cl)c(S(N)(=O)=O)c1C. The molecule has 0 fully saturated rings. The molecule has 0 aliphatic carbocycles. The van der Waals surface area contributed by atoms with Crippen molar-refractivity contribution < 1.29 is 17.9 Å². The van der Waals surface area contributed by atoms with Gasteiger partial charge in [-0.25, -0.2) is 18.5 Å². The number of benzene rings is 3. The van der Waals surface area contributed by atoms with Crippen molar-refractivity contribution in [3.8, 4) is 11.6 Å². The molecule has 0 aliphatic heterocycles. The highest BCUT2D eigenvalue weighted by molar-refractivity contribution is 7.89. The monoisotopic (exact) mass is 515 g/mol. The highest BCUT2D eigenvalue weighted by Gasteiger charge is 2.22. The van der Waals surface area contributed by atoms with Crippen molar-refractivity contribution in [1.29, 1.82) is 0 Å². The Hall–Kier alpha value is -3.17. The van der Waals surface area contributed by atoms with E-state index in [2.05, 4.69) is 10.3 Å². The largest absolute Gasteiger partial charge is 0.438 e. The van der Waals surface area contributed by atoms with E-state index >= 15 is 0 Å². The number of carbonyl (C=O) groups excluding carboxylic acids is 1. The molecule has 7 nitrogen and oxygen atoms in total. The number of rotatable bonds is 5. The molecule has 1 amide bonds. The highest BCUT2D eigenvalue weighted by atomic mass is 35.5. The first-order valence-electron chi connectivity index (χ1n) is 10.0. The van der Waals surface area contributed by atoms with Gasteiger partial charge in [0.2, 0.25) is 15.9 Å². The van der Waals surface area contributed by atoms with E-state index in [0.29, 0.717) is 16.3 Å². The minimum atomic E-state index is -4.10. The van der Waals surface area contributed by atoms with Gasteiger partial charge in [0, 0.05) is 16.1 Å². The van der Waals surface area contributed by atoms with E-state index < -0.39 is 15.9 Å². The second-order valence-corrected chi connectivity index (χ2v) is 9.94. The van der Waals surface area contributed by atoms with Gasteiger partial charge < -0.3 is 10.1 Å². The molecule has 4 rings (SSSR count). The van der Waals surface area contributed by atoms with Gasteiger partial charge in [0.25, 0.3) is 5.91 Å². The molecule has 3 aromatic carbocycles. The number of fused-ring (bicyclic) bond motifs is 1. The molecule has 10 heteroatoms. The molecule has 1 heterocycles. The number of ether oxygens (including phenoxy) is 1. The fourth-order valence-corrected chi connectivity index (χ4v) is 5.13. The number of nitrogens with zero attached hydrogens (tertiary/aromatic N) is 1. The van der Waals surface area contributed by atoms with Crippen LogP contribution in [0.2, 0.25) is 10.0 Å². The fraction of sp³-hybridized carbons (Fsp3) is 0.0833. The lowest BCUT2D eigenvalue weighted by atomic mass is 10.1. The van der Waals surface area contributed by atoms with Crippen molar-refractivity contribution in [2.75, 3.05) is 5.32 Å². The van der Waals surface area contributed by atoms with Crippen molar-refractivity contribution in [1.82, 2.24) is 4.98 Å². The Kier molecular flexibility index (Phi) is 6.51. The third-order valence-corrected chi connectivity index (χ3v) is 6.93. The summed E-state index contributed by atoms with van der Waals surface area (Å²) >= 11 is 12.1. The number of pyridine rings is 1. The lowest BCUT2D eigenvalue weighted by molar-refractivity contribution is 0.102.